The predicted molar refractivity (Wildman–Crippen MR) is 153 cm³/mol. The molecule has 10 nitrogen and oxygen atoms in total. The van der Waals surface area contributed by atoms with Crippen LogP contribution in [0.1, 0.15) is 30.7 Å². The number of hydrogen-bond acceptors (Lipinski definition) is 8. The maximum atomic E-state index is 12.3. The Labute approximate surface area is 237 Å². The van der Waals surface area contributed by atoms with Gasteiger partial charge >= 0.3 is 0 Å². The van der Waals surface area contributed by atoms with Crippen LogP contribution < -0.4 is 15.8 Å². The number of aromatic amines is 1. The van der Waals surface area contributed by atoms with E-state index in [0.29, 0.717) is 45.9 Å². The molecular formula is C29H35ClN6O4. The number of aromatic nitrogens is 3. The van der Waals surface area contributed by atoms with Crippen molar-refractivity contribution in [3.8, 4) is 17.1 Å². The van der Waals surface area contributed by atoms with Gasteiger partial charge in [-0.1, -0.05) is 29.8 Å². The number of aliphatic hydroxyl groups excluding tert-OH is 2. The fourth-order valence-electron chi connectivity index (χ4n) is 6.74. The molecule has 11 heteroatoms. The number of halogens is 1. The van der Waals surface area contributed by atoms with Gasteiger partial charge in [0.25, 0.3) is 0 Å². The molecule has 0 spiro atoms. The number of aliphatic hydroxyl groups is 2. The van der Waals surface area contributed by atoms with Crippen LogP contribution in [0, 0.1) is 17.8 Å². The molecule has 0 radical (unpaired) electrons. The number of piperidine rings is 1. The largest absolute Gasteiger partial charge is 0.496 e. The zero-order chi connectivity index (χ0) is 28.0. The second-order valence-corrected chi connectivity index (χ2v) is 11.6. The van der Waals surface area contributed by atoms with Gasteiger partial charge < -0.3 is 35.9 Å². The van der Waals surface area contributed by atoms with Crippen molar-refractivity contribution in [1.29, 1.82) is 0 Å². The molecule has 6 rings (SSSR count). The minimum Gasteiger partial charge on any atom is -0.496 e. The Kier molecular flexibility index (Phi) is 7.43. The number of fused-ring (bicyclic) bond motifs is 3. The van der Waals surface area contributed by atoms with Crippen LogP contribution in [0.4, 0.5) is 5.69 Å². The second kappa shape index (κ2) is 11.0. The van der Waals surface area contributed by atoms with E-state index >= 15 is 0 Å². The van der Waals surface area contributed by atoms with Crippen molar-refractivity contribution in [2.75, 3.05) is 38.7 Å². The highest BCUT2D eigenvalue weighted by molar-refractivity contribution is 6.34. The number of likely N-dealkylation sites (tertiary alicyclic amines) is 1. The summed E-state index contributed by atoms with van der Waals surface area (Å²) in [6.45, 7) is 2.01. The number of ether oxygens (including phenoxy) is 1. The number of nitrogens with one attached hydrogen (secondary N) is 2. The lowest BCUT2D eigenvalue weighted by Crippen LogP contribution is -2.41. The maximum absolute atomic E-state index is 12.3. The van der Waals surface area contributed by atoms with Crippen molar-refractivity contribution >= 4 is 34.4 Å². The number of β-amino-alcohol motifs (C(OH)–C–C–N with tert-alkyl or cyclic N) is 1. The van der Waals surface area contributed by atoms with Gasteiger partial charge in [-0.2, -0.15) is 0 Å². The number of rotatable bonds is 9. The van der Waals surface area contributed by atoms with Gasteiger partial charge in [0.1, 0.15) is 17.1 Å². The number of hydrogen-bond donors (Lipinski definition) is 5. The molecule has 2 fully saturated rings. The van der Waals surface area contributed by atoms with Gasteiger partial charge in [0.2, 0.25) is 5.91 Å². The zero-order valence-corrected chi connectivity index (χ0v) is 23.1. The first-order chi connectivity index (χ1) is 19.4. The van der Waals surface area contributed by atoms with E-state index in [4.69, 9.17) is 32.2 Å². The Morgan fingerprint density at radius 3 is 2.80 bits per heavy atom. The predicted octanol–water partition coefficient (Wildman–Crippen LogP) is 2.91. The SMILES string of the molecule is COc1cc(C2CCN(C[C@@H](O)CO)CC2)ccc1-c1nc2ncc(Cl)c(N[C@H]3[C@@H](C(N)=O)[C@@H]4C=C[C@H]3C4)c2[nH]1. The number of allylic oxidation sites excluding steroid dienone is 1. The van der Waals surface area contributed by atoms with Crippen molar-refractivity contribution in [2.45, 2.75) is 37.3 Å². The second-order valence-electron chi connectivity index (χ2n) is 11.2. The van der Waals surface area contributed by atoms with Crippen molar-refractivity contribution < 1.29 is 19.7 Å². The highest BCUT2D eigenvalue weighted by atomic mass is 35.5. The molecule has 212 valence electrons. The van der Waals surface area contributed by atoms with Gasteiger partial charge in [-0.3, -0.25) is 4.79 Å². The summed E-state index contributed by atoms with van der Waals surface area (Å²) in [4.78, 5) is 27.1. The minimum atomic E-state index is -0.700. The van der Waals surface area contributed by atoms with Crippen molar-refractivity contribution in [3.05, 3.63) is 47.1 Å². The summed E-state index contributed by atoms with van der Waals surface area (Å²) in [6.07, 6.45) is 7.96. The topological polar surface area (TPSA) is 150 Å². The Morgan fingerprint density at radius 1 is 1.30 bits per heavy atom. The molecule has 1 saturated heterocycles. The lowest BCUT2D eigenvalue weighted by molar-refractivity contribution is -0.122. The summed E-state index contributed by atoms with van der Waals surface area (Å²) in [5.74, 6) is 1.46. The van der Waals surface area contributed by atoms with Gasteiger partial charge in [-0.25, -0.2) is 9.97 Å². The highest BCUT2D eigenvalue weighted by Gasteiger charge is 2.47. The van der Waals surface area contributed by atoms with Crippen LogP contribution in [0.2, 0.25) is 5.02 Å². The maximum Gasteiger partial charge on any atom is 0.223 e. The lowest BCUT2D eigenvalue weighted by Gasteiger charge is -2.33. The average Bonchev–Trinajstić information content (AvgIpc) is 3.69. The summed E-state index contributed by atoms with van der Waals surface area (Å²) in [6, 6.07) is 6.07. The number of H-pyrrole nitrogens is 1. The van der Waals surface area contributed by atoms with E-state index < -0.39 is 6.10 Å². The molecule has 6 N–H and O–H groups in total. The zero-order valence-electron chi connectivity index (χ0n) is 22.4. The van der Waals surface area contributed by atoms with Gasteiger partial charge in [-0.05, 0) is 67.8 Å². The molecule has 2 bridgehead atoms. The van der Waals surface area contributed by atoms with E-state index in [1.165, 1.54) is 5.56 Å². The number of amides is 1. The fourth-order valence-corrected chi connectivity index (χ4v) is 6.94. The molecule has 1 aromatic carbocycles. The summed E-state index contributed by atoms with van der Waals surface area (Å²) < 4.78 is 5.80. The first-order valence-corrected chi connectivity index (χ1v) is 14.2. The highest BCUT2D eigenvalue weighted by Crippen LogP contribution is 2.46. The molecule has 1 amide bonds. The van der Waals surface area contributed by atoms with Gasteiger partial charge in [0.15, 0.2) is 5.65 Å². The third-order valence-corrected chi connectivity index (χ3v) is 9.08. The number of benzene rings is 1. The monoisotopic (exact) mass is 566 g/mol. The number of carbonyl (C=O) groups excluding carboxylic acids is 1. The smallest absolute Gasteiger partial charge is 0.223 e. The van der Waals surface area contributed by atoms with E-state index in [-0.39, 0.29) is 36.3 Å². The molecule has 40 heavy (non-hydrogen) atoms. The molecule has 1 saturated carbocycles. The third-order valence-electron chi connectivity index (χ3n) is 8.79. The molecule has 3 aromatic rings. The molecule has 0 unspecified atom stereocenters. The number of primary amides is 1. The van der Waals surface area contributed by atoms with Crippen molar-refractivity contribution in [1.82, 2.24) is 19.9 Å². The molecule has 2 aromatic heterocycles. The summed E-state index contributed by atoms with van der Waals surface area (Å²) in [7, 11) is 1.65. The number of carbonyl (C=O) groups is 1. The van der Waals surface area contributed by atoms with E-state index in [2.05, 4.69) is 44.5 Å². The number of imidazole rings is 1. The average molecular weight is 567 g/mol. The fraction of sp³-hybridized carbons (Fsp3) is 0.483. The van der Waals surface area contributed by atoms with E-state index in [9.17, 15) is 9.90 Å². The number of nitrogens with two attached hydrogens (primary N) is 1. The Balaban J connectivity index is 1.25. The van der Waals surface area contributed by atoms with Crippen LogP contribution in [0.5, 0.6) is 5.75 Å². The first kappa shape index (κ1) is 27.0. The van der Waals surface area contributed by atoms with Crippen LogP contribution in [-0.2, 0) is 4.79 Å². The summed E-state index contributed by atoms with van der Waals surface area (Å²) in [5, 5.41) is 22.9. The van der Waals surface area contributed by atoms with E-state index in [1.807, 2.05) is 6.07 Å². The number of anilines is 1. The summed E-state index contributed by atoms with van der Waals surface area (Å²) >= 11 is 6.62. The number of nitrogens with zero attached hydrogens (tertiary/aromatic N) is 3. The summed E-state index contributed by atoms with van der Waals surface area (Å²) in [5.41, 5.74) is 9.63. The normalized spacial score (nSPS) is 25.5. The molecule has 2 aliphatic carbocycles. The molecular weight excluding hydrogens is 532 g/mol. The van der Waals surface area contributed by atoms with Gasteiger partial charge in [0.05, 0.1) is 48.2 Å². The lowest BCUT2D eigenvalue weighted by atomic mass is 9.88. The molecule has 3 aliphatic rings. The Bertz CT molecular complexity index is 1440. The van der Waals surface area contributed by atoms with Crippen molar-refractivity contribution in [2.24, 2.45) is 23.5 Å². The van der Waals surface area contributed by atoms with Crippen LogP contribution in [-0.4, -0.2) is 81.5 Å². The van der Waals surface area contributed by atoms with Crippen LogP contribution in [0.3, 0.4) is 0 Å². The molecule has 3 heterocycles. The quantitative estimate of drug-likeness (QED) is 0.248. The van der Waals surface area contributed by atoms with E-state index in [1.54, 1.807) is 13.3 Å². The Morgan fingerprint density at radius 2 is 2.08 bits per heavy atom. The van der Waals surface area contributed by atoms with Gasteiger partial charge in [-0.15, -0.1) is 0 Å². The standard InChI is InChI=1S/C29H35ClN6O4/c1-40-22-11-16(15-6-8-36(9-7-15)13-19(38)14-37)4-5-20(22)28-34-26-25(21(30)12-32-29(26)35-28)33-24-18-3-2-17(10-18)23(24)27(31)39/h2-5,11-12,15,17-19,23-24,37-38H,6-10,13-14H2,1H3,(H2,31,39)(H2,32,33,34,35)/t17-,18+,19-,23+,24-/m1/s1. The first-order valence-electron chi connectivity index (χ1n) is 13.8. The van der Waals surface area contributed by atoms with Crippen LogP contribution in [0.25, 0.3) is 22.6 Å². The molecule has 5 atom stereocenters. The molecule has 1 aliphatic heterocycles. The minimum absolute atomic E-state index is 0.144. The number of methoxy groups -OCH3 is 1. The van der Waals surface area contributed by atoms with Gasteiger partial charge in [0, 0.05) is 12.6 Å². The van der Waals surface area contributed by atoms with Crippen molar-refractivity contribution in [3.63, 3.8) is 0 Å². The Hall–Kier alpha value is -3.18. The van der Waals surface area contributed by atoms with Crippen LogP contribution >= 0.6 is 11.6 Å². The van der Waals surface area contributed by atoms with Crippen LogP contribution in [0.15, 0.2) is 36.5 Å². The van der Waals surface area contributed by atoms with E-state index in [0.717, 1.165) is 37.9 Å². The number of pyridine rings is 1. The third kappa shape index (κ3) is 4.94.